The Hall–Kier alpha value is -2.61. The van der Waals surface area contributed by atoms with Crippen LogP contribution in [-0.4, -0.2) is 49.0 Å². The van der Waals surface area contributed by atoms with Gasteiger partial charge in [0.15, 0.2) is 6.04 Å². The van der Waals surface area contributed by atoms with Gasteiger partial charge in [0.25, 0.3) is 0 Å². The summed E-state index contributed by atoms with van der Waals surface area (Å²) in [5.74, 6) is -1.59. The molecule has 0 bridgehead atoms. The highest BCUT2D eigenvalue weighted by atomic mass is 16.6. The number of ether oxygens (including phenoxy) is 3. The van der Waals surface area contributed by atoms with E-state index in [0.29, 0.717) is 12.8 Å². The van der Waals surface area contributed by atoms with Crippen LogP contribution in [-0.2, 0) is 30.4 Å². The summed E-state index contributed by atoms with van der Waals surface area (Å²) in [6.45, 7) is 1.62. The molecule has 2 N–H and O–H groups in total. The average molecular weight is 407 g/mol. The third-order valence-corrected chi connectivity index (χ3v) is 5.30. The van der Waals surface area contributed by atoms with Crippen LogP contribution in [0.25, 0.3) is 0 Å². The Balaban J connectivity index is 1.94. The first-order valence-electron chi connectivity index (χ1n) is 9.78. The predicted molar refractivity (Wildman–Crippen MR) is 104 cm³/mol. The number of carbonyl (C=O) groups is 3. The van der Waals surface area contributed by atoms with Crippen LogP contribution in [0.5, 0.6) is 0 Å². The van der Waals surface area contributed by atoms with Gasteiger partial charge < -0.3 is 24.6 Å². The Kier molecular flexibility index (Phi) is 8.45. The fourth-order valence-corrected chi connectivity index (χ4v) is 3.42. The monoisotopic (exact) mass is 407 g/mol. The highest BCUT2D eigenvalue weighted by Gasteiger charge is 2.41. The van der Waals surface area contributed by atoms with E-state index in [4.69, 9.17) is 14.2 Å². The Morgan fingerprint density at radius 1 is 1.14 bits per heavy atom. The molecule has 0 heterocycles. The van der Waals surface area contributed by atoms with Gasteiger partial charge in [-0.25, -0.2) is 9.59 Å². The third kappa shape index (κ3) is 6.45. The van der Waals surface area contributed by atoms with Gasteiger partial charge in [-0.2, -0.15) is 0 Å². The van der Waals surface area contributed by atoms with Crippen molar-refractivity contribution in [1.82, 2.24) is 5.32 Å². The van der Waals surface area contributed by atoms with Crippen molar-refractivity contribution in [3.8, 4) is 0 Å². The van der Waals surface area contributed by atoms with E-state index in [1.807, 2.05) is 30.3 Å². The summed E-state index contributed by atoms with van der Waals surface area (Å²) in [5.41, 5.74) is -0.150. The molecule has 8 nitrogen and oxygen atoms in total. The molecule has 1 saturated carbocycles. The zero-order valence-corrected chi connectivity index (χ0v) is 16.9. The Bertz CT molecular complexity index is 686. The summed E-state index contributed by atoms with van der Waals surface area (Å²) in [5, 5.41) is 12.1. The highest BCUT2D eigenvalue weighted by Crippen LogP contribution is 2.37. The topological polar surface area (TPSA) is 111 Å². The summed E-state index contributed by atoms with van der Waals surface area (Å²) in [4.78, 5) is 36.1. The fraction of sp³-hybridized carbons (Fsp3) is 0.571. The molecule has 1 aliphatic carbocycles. The predicted octanol–water partition coefficient (Wildman–Crippen LogP) is 2.89. The molecule has 1 aromatic rings. The van der Waals surface area contributed by atoms with Crippen LogP contribution < -0.4 is 5.32 Å². The molecule has 1 amide bonds. The maximum atomic E-state index is 12.1. The molecule has 0 spiro atoms. The number of carboxylic acid groups (broad SMARTS) is 1. The van der Waals surface area contributed by atoms with E-state index in [-0.39, 0.29) is 13.2 Å². The van der Waals surface area contributed by atoms with E-state index in [1.54, 1.807) is 6.92 Å². The molecule has 0 saturated heterocycles. The Labute approximate surface area is 170 Å². The molecule has 29 heavy (non-hydrogen) atoms. The Morgan fingerprint density at radius 3 is 2.38 bits per heavy atom. The van der Waals surface area contributed by atoms with Crippen LogP contribution in [0.1, 0.15) is 44.6 Å². The summed E-state index contributed by atoms with van der Waals surface area (Å²) in [6.07, 6.45) is 2.15. The van der Waals surface area contributed by atoms with Crippen LogP contribution in [0, 0.1) is 5.41 Å². The largest absolute Gasteiger partial charge is 0.481 e. The van der Waals surface area contributed by atoms with E-state index >= 15 is 0 Å². The van der Waals surface area contributed by atoms with Crippen molar-refractivity contribution in [2.45, 2.75) is 57.8 Å². The van der Waals surface area contributed by atoms with Gasteiger partial charge in [-0.3, -0.25) is 4.79 Å². The second-order valence-corrected chi connectivity index (χ2v) is 7.37. The Morgan fingerprint density at radius 2 is 1.79 bits per heavy atom. The van der Waals surface area contributed by atoms with Gasteiger partial charge in [-0.15, -0.1) is 0 Å². The van der Waals surface area contributed by atoms with E-state index in [0.717, 1.165) is 24.8 Å². The van der Waals surface area contributed by atoms with Crippen molar-refractivity contribution in [3.63, 3.8) is 0 Å². The number of amides is 1. The van der Waals surface area contributed by atoms with Gasteiger partial charge in [-0.1, -0.05) is 49.6 Å². The number of alkyl carbamates (subject to hydrolysis) is 1. The minimum Gasteiger partial charge on any atom is -0.481 e. The van der Waals surface area contributed by atoms with Crippen molar-refractivity contribution >= 4 is 18.0 Å². The lowest BCUT2D eigenvalue weighted by Crippen LogP contribution is -2.50. The first kappa shape index (κ1) is 22.7. The molecule has 0 aromatic heterocycles. The smallest absolute Gasteiger partial charge is 0.408 e. The lowest BCUT2D eigenvalue weighted by atomic mass is 9.74. The van der Waals surface area contributed by atoms with Crippen molar-refractivity contribution in [2.75, 3.05) is 13.7 Å². The maximum absolute atomic E-state index is 12.1. The number of rotatable bonds is 9. The number of nitrogens with one attached hydrogen (secondary N) is 1. The van der Waals surface area contributed by atoms with E-state index < -0.39 is 35.6 Å². The van der Waals surface area contributed by atoms with Crippen molar-refractivity contribution < 1.29 is 33.7 Å². The number of aliphatic carboxylic acids is 1. The number of benzene rings is 1. The molecule has 2 rings (SSSR count). The summed E-state index contributed by atoms with van der Waals surface area (Å²) < 4.78 is 15.6. The van der Waals surface area contributed by atoms with Gasteiger partial charge in [0, 0.05) is 0 Å². The number of carbonyl (C=O) groups excluding carboxylic acids is 2. The average Bonchev–Trinajstić information content (AvgIpc) is 2.75. The molecular formula is C21H29NO7. The van der Waals surface area contributed by atoms with Gasteiger partial charge in [0.05, 0.1) is 25.2 Å². The number of methoxy groups -OCH3 is 1. The van der Waals surface area contributed by atoms with Crippen LogP contribution in [0.4, 0.5) is 4.79 Å². The summed E-state index contributed by atoms with van der Waals surface area (Å²) in [6, 6.07) is 8.02. The van der Waals surface area contributed by atoms with Gasteiger partial charge in [-0.05, 0) is 25.3 Å². The second kappa shape index (κ2) is 10.8. The zero-order valence-electron chi connectivity index (χ0n) is 16.9. The molecule has 1 fully saturated rings. The third-order valence-electron chi connectivity index (χ3n) is 5.30. The lowest BCUT2D eigenvalue weighted by molar-refractivity contribution is -0.159. The minimum absolute atomic E-state index is 0.0300. The quantitative estimate of drug-likeness (QED) is 0.606. The molecule has 1 aliphatic rings. The maximum Gasteiger partial charge on any atom is 0.408 e. The van der Waals surface area contributed by atoms with Gasteiger partial charge in [0.1, 0.15) is 6.61 Å². The highest BCUT2D eigenvalue weighted by molar-refractivity contribution is 5.82. The second-order valence-electron chi connectivity index (χ2n) is 7.37. The van der Waals surface area contributed by atoms with E-state index in [2.05, 4.69) is 5.32 Å². The van der Waals surface area contributed by atoms with Crippen LogP contribution in [0.3, 0.4) is 0 Å². The van der Waals surface area contributed by atoms with Gasteiger partial charge >= 0.3 is 18.0 Å². The molecular weight excluding hydrogens is 378 g/mol. The molecule has 2 atom stereocenters. The summed E-state index contributed by atoms with van der Waals surface area (Å²) >= 11 is 0. The molecule has 0 unspecified atom stereocenters. The standard InChI is InChI=1S/C21H29NO7/c1-15(29-14-21(19(24)25)11-7-4-8-12-21)17(18(23)27-2)22-20(26)28-13-16-9-5-3-6-10-16/h3,5-6,9-10,15,17H,4,7-8,11-14H2,1-2H3,(H,22,26)(H,24,25)/t15-,17+/m1/s1. The molecule has 8 heteroatoms. The first-order chi connectivity index (χ1) is 13.9. The number of hydrogen-bond donors (Lipinski definition) is 2. The lowest BCUT2D eigenvalue weighted by Gasteiger charge is -2.34. The van der Waals surface area contributed by atoms with E-state index in [9.17, 15) is 19.5 Å². The van der Waals surface area contributed by atoms with Crippen LogP contribution in [0.2, 0.25) is 0 Å². The normalized spacial score (nSPS) is 17.6. The molecule has 0 aliphatic heterocycles. The number of hydrogen-bond acceptors (Lipinski definition) is 6. The molecule has 160 valence electrons. The van der Waals surface area contributed by atoms with Crippen molar-refractivity contribution in [1.29, 1.82) is 0 Å². The molecule has 1 aromatic carbocycles. The number of carboxylic acids is 1. The summed E-state index contributed by atoms with van der Waals surface area (Å²) in [7, 11) is 1.21. The number of esters is 1. The fourth-order valence-electron chi connectivity index (χ4n) is 3.42. The van der Waals surface area contributed by atoms with Crippen molar-refractivity contribution in [2.24, 2.45) is 5.41 Å². The zero-order chi connectivity index (χ0) is 21.3. The van der Waals surface area contributed by atoms with Crippen LogP contribution in [0.15, 0.2) is 30.3 Å². The molecule has 0 radical (unpaired) electrons. The van der Waals surface area contributed by atoms with E-state index in [1.165, 1.54) is 7.11 Å². The van der Waals surface area contributed by atoms with Crippen LogP contribution >= 0.6 is 0 Å². The minimum atomic E-state index is -1.11. The van der Waals surface area contributed by atoms with Gasteiger partial charge in [0.2, 0.25) is 0 Å². The first-order valence-corrected chi connectivity index (χ1v) is 9.78. The SMILES string of the molecule is COC(=O)[C@@H](NC(=O)OCc1ccccc1)[C@@H](C)OCC1(C(=O)O)CCCCC1. The van der Waals surface area contributed by atoms with Crippen molar-refractivity contribution in [3.05, 3.63) is 35.9 Å².